The lowest BCUT2D eigenvalue weighted by molar-refractivity contribution is 0.103. The topological polar surface area (TPSA) is 47.6 Å². The first-order valence-corrected chi connectivity index (χ1v) is 7.93. The van der Waals surface area contributed by atoms with Crippen LogP contribution in [0.15, 0.2) is 32.5 Å². The number of ether oxygens (including phenoxy) is 2. The molecule has 0 spiro atoms. The molecule has 0 radical (unpaired) electrons. The van der Waals surface area contributed by atoms with Gasteiger partial charge in [0.05, 0.1) is 22.9 Å². The minimum Gasteiger partial charge on any atom is -0.493 e. The lowest BCUT2D eigenvalue weighted by atomic mass is 10.2. The van der Waals surface area contributed by atoms with Gasteiger partial charge in [0.1, 0.15) is 0 Å². The normalized spacial score (nSPS) is 10.2. The number of hydrogen-bond donors (Lipinski definition) is 1. The molecule has 1 N–H and O–H groups in total. The Balaban J connectivity index is 2.19. The third kappa shape index (κ3) is 3.34. The van der Waals surface area contributed by atoms with E-state index in [0.29, 0.717) is 22.1 Å². The summed E-state index contributed by atoms with van der Waals surface area (Å²) in [5.41, 5.74) is 0.647. The molecule has 0 unspecified atom stereocenters. The van der Waals surface area contributed by atoms with Gasteiger partial charge in [0.15, 0.2) is 11.5 Å². The van der Waals surface area contributed by atoms with Gasteiger partial charge in [0.2, 0.25) is 0 Å². The highest BCUT2D eigenvalue weighted by Crippen LogP contribution is 2.33. The predicted octanol–water partition coefficient (Wildman–Crippen LogP) is 4.54. The lowest BCUT2D eigenvalue weighted by Crippen LogP contribution is -2.10. The molecule has 2 aromatic rings. The summed E-state index contributed by atoms with van der Waals surface area (Å²) < 4.78 is 12.1. The Bertz CT molecular complexity index is 623. The zero-order chi connectivity index (χ0) is 14.7. The van der Waals surface area contributed by atoms with Gasteiger partial charge in [-0.1, -0.05) is 0 Å². The number of rotatable bonds is 4. The maximum absolute atomic E-state index is 12.1. The van der Waals surface area contributed by atoms with Gasteiger partial charge in [-0.25, -0.2) is 0 Å². The highest BCUT2D eigenvalue weighted by Gasteiger charge is 2.13. The average Bonchev–Trinajstić information content (AvgIpc) is 2.78. The number of benzene rings is 1. The van der Waals surface area contributed by atoms with E-state index in [-0.39, 0.29) is 5.91 Å². The zero-order valence-corrected chi connectivity index (χ0v) is 14.7. The van der Waals surface area contributed by atoms with Crippen molar-refractivity contribution in [1.29, 1.82) is 0 Å². The fraction of sp³-hybridized carbons (Fsp3) is 0.154. The molecule has 0 aliphatic rings. The molecule has 0 fully saturated rings. The lowest BCUT2D eigenvalue weighted by Gasteiger charge is -2.10. The number of anilines is 1. The van der Waals surface area contributed by atoms with Gasteiger partial charge in [-0.3, -0.25) is 4.79 Å². The van der Waals surface area contributed by atoms with Crippen LogP contribution in [0, 0.1) is 0 Å². The first kappa shape index (κ1) is 15.3. The molecule has 1 heterocycles. The Hall–Kier alpha value is -1.05. The van der Waals surface area contributed by atoms with Crippen LogP contribution in [0.2, 0.25) is 0 Å². The second kappa shape index (κ2) is 6.60. The van der Waals surface area contributed by atoms with E-state index in [4.69, 9.17) is 9.47 Å². The van der Waals surface area contributed by atoms with Crippen LogP contribution >= 0.6 is 43.2 Å². The Labute approximate surface area is 137 Å². The van der Waals surface area contributed by atoms with Crippen LogP contribution in [0.1, 0.15) is 9.67 Å². The third-order valence-electron chi connectivity index (χ3n) is 2.51. The van der Waals surface area contributed by atoms with Gasteiger partial charge in [-0.15, -0.1) is 11.3 Å². The van der Waals surface area contributed by atoms with E-state index in [1.165, 1.54) is 11.3 Å². The van der Waals surface area contributed by atoms with E-state index in [2.05, 4.69) is 37.2 Å². The number of carbonyl (C=O) groups is 1. The molecular formula is C13H11Br2NO3S. The molecular weight excluding hydrogens is 410 g/mol. The molecule has 1 aromatic heterocycles. The fourth-order valence-electron chi connectivity index (χ4n) is 1.57. The maximum Gasteiger partial charge on any atom is 0.265 e. The van der Waals surface area contributed by atoms with Crippen LogP contribution in [0.3, 0.4) is 0 Å². The Morgan fingerprint density at radius 1 is 1.15 bits per heavy atom. The minimum atomic E-state index is -0.173. The van der Waals surface area contributed by atoms with Crippen molar-refractivity contribution in [3.63, 3.8) is 0 Å². The van der Waals surface area contributed by atoms with Crippen molar-refractivity contribution in [3.8, 4) is 11.5 Å². The summed E-state index contributed by atoms with van der Waals surface area (Å²) in [5.74, 6) is 1.01. The SMILES string of the molecule is COc1ccc(NC(=O)c2cc(Br)c(Br)s2)cc1OC. The molecule has 2 rings (SSSR count). The molecule has 106 valence electrons. The first-order valence-electron chi connectivity index (χ1n) is 5.53. The summed E-state index contributed by atoms with van der Waals surface area (Å²) in [5, 5.41) is 2.82. The average molecular weight is 421 g/mol. The fourth-order valence-corrected chi connectivity index (χ4v) is 3.50. The molecule has 0 aliphatic heterocycles. The van der Waals surface area contributed by atoms with Crippen LogP contribution in [0.25, 0.3) is 0 Å². The standard InChI is InChI=1S/C13H11Br2NO3S/c1-18-9-4-3-7(5-10(9)19-2)16-13(17)11-6-8(14)12(15)20-11/h3-6H,1-2H3,(H,16,17). The van der Waals surface area contributed by atoms with Crippen molar-refractivity contribution >= 4 is 54.8 Å². The van der Waals surface area contributed by atoms with Crippen LogP contribution < -0.4 is 14.8 Å². The number of hydrogen-bond acceptors (Lipinski definition) is 4. The van der Waals surface area contributed by atoms with Crippen molar-refractivity contribution in [2.75, 3.05) is 19.5 Å². The van der Waals surface area contributed by atoms with Crippen LogP contribution in [-0.4, -0.2) is 20.1 Å². The number of methoxy groups -OCH3 is 2. The molecule has 7 heteroatoms. The van der Waals surface area contributed by atoms with Gasteiger partial charge >= 0.3 is 0 Å². The van der Waals surface area contributed by atoms with Crippen LogP contribution in [-0.2, 0) is 0 Å². The number of halogens is 2. The highest BCUT2D eigenvalue weighted by atomic mass is 79.9. The molecule has 1 amide bonds. The molecule has 0 saturated heterocycles. The summed E-state index contributed by atoms with van der Waals surface area (Å²) in [7, 11) is 3.12. The van der Waals surface area contributed by atoms with E-state index in [1.54, 1.807) is 38.5 Å². The number of carbonyl (C=O) groups excluding carboxylic acids is 1. The van der Waals surface area contributed by atoms with Crippen molar-refractivity contribution in [2.24, 2.45) is 0 Å². The smallest absolute Gasteiger partial charge is 0.265 e. The van der Waals surface area contributed by atoms with Crippen LogP contribution in [0.5, 0.6) is 11.5 Å². The van der Waals surface area contributed by atoms with Gasteiger partial charge in [-0.2, -0.15) is 0 Å². The molecule has 0 atom stereocenters. The Morgan fingerprint density at radius 2 is 1.85 bits per heavy atom. The first-order chi connectivity index (χ1) is 9.55. The summed E-state index contributed by atoms with van der Waals surface area (Å²) in [4.78, 5) is 12.7. The monoisotopic (exact) mass is 419 g/mol. The van der Waals surface area contributed by atoms with Crippen LogP contribution in [0.4, 0.5) is 5.69 Å². The van der Waals surface area contributed by atoms with E-state index in [1.807, 2.05) is 0 Å². The van der Waals surface area contributed by atoms with Crippen molar-refractivity contribution in [1.82, 2.24) is 0 Å². The van der Waals surface area contributed by atoms with E-state index in [0.717, 1.165) is 8.26 Å². The van der Waals surface area contributed by atoms with Gasteiger partial charge < -0.3 is 14.8 Å². The molecule has 0 saturated carbocycles. The minimum absolute atomic E-state index is 0.173. The quantitative estimate of drug-likeness (QED) is 0.789. The summed E-state index contributed by atoms with van der Waals surface area (Å²) in [6.45, 7) is 0. The maximum atomic E-state index is 12.1. The predicted molar refractivity (Wildman–Crippen MR) is 87.2 cm³/mol. The van der Waals surface area contributed by atoms with Gasteiger partial charge in [-0.05, 0) is 50.1 Å². The molecule has 0 aliphatic carbocycles. The number of thiophene rings is 1. The third-order valence-corrected chi connectivity index (χ3v) is 5.77. The van der Waals surface area contributed by atoms with Gasteiger partial charge in [0.25, 0.3) is 5.91 Å². The molecule has 0 bridgehead atoms. The van der Waals surface area contributed by atoms with E-state index < -0.39 is 0 Å². The van der Waals surface area contributed by atoms with Crippen molar-refractivity contribution in [3.05, 3.63) is 37.4 Å². The molecule has 20 heavy (non-hydrogen) atoms. The Morgan fingerprint density at radius 3 is 2.40 bits per heavy atom. The molecule has 1 aromatic carbocycles. The van der Waals surface area contributed by atoms with E-state index in [9.17, 15) is 4.79 Å². The van der Waals surface area contributed by atoms with E-state index >= 15 is 0 Å². The van der Waals surface area contributed by atoms with Crippen molar-refractivity contribution < 1.29 is 14.3 Å². The second-order valence-electron chi connectivity index (χ2n) is 3.76. The Kier molecular flexibility index (Phi) is 5.06. The van der Waals surface area contributed by atoms with Gasteiger partial charge in [0, 0.05) is 16.2 Å². The second-order valence-corrected chi connectivity index (χ2v) is 6.98. The summed E-state index contributed by atoms with van der Waals surface area (Å²) >= 11 is 8.09. The summed E-state index contributed by atoms with van der Waals surface area (Å²) in [6.07, 6.45) is 0. The van der Waals surface area contributed by atoms with Crippen molar-refractivity contribution in [2.45, 2.75) is 0 Å². The summed E-state index contributed by atoms with van der Waals surface area (Å²) in [6, 6.07) is 6.99. The number of amides is 1. The zero-order valence-electron chi connectivity index (χ0n) is 10.7. The number of nitrogens with one attached hydrogen (secondary N) is 1. The molecule has 4 nitrogen and oxygen atoms in total. The highest BCUT2D eigenvalue weighted by molar-refractivity contribution is 9.13. The largest absolute Gasteiger partial charge is 0.493 e.